The van der Waals surface area contributed by atoms with Crippen molar-refractivity contribution in [1.82, 2.24) is 0 Å². The quantitative estimate of drug-likeness (QED) is 0.353. The van der Waals surface area contributed by atoms with Gasteiger partial charge in [0.2, 0.25) is 0 Å². The van der Waals surface area contributed by atoms with Gasteiger partial charge in [0.15, 0.2) is 0 Å². The van der Waals surface area contributed by atoms with Crippen LogP contribution in [-0.2, 0) is 0 Å². The van der Waals surface area contributed by atoms with Gasteiger partial charge in [-0.05, 0) is 18.9 Å². The van der Waals surface area contributed by atoms with Crippen LogP contribution in [0, 0.1) is 20.2 Å². The molecule has 0 fully saturated rings. The molecule has 0 saturated carbocycles. The Bertz CT molecular complexity index is 501. The zero-order chi connectivity index (χ0) is 14.3. The third-order valence-electron chi connectivity index (χ3n) is 2.35. The fourth-order valence-electron chi connectivity index (χ4n) is 1.35. The molecule has 0 atom stereocenters. The van der Waals surface area contributed by atoms with Crippen LogP contribution in [0.4, 0.5) is 17.1 Å². The number of hydrazone groups is 1. The van der Waals surface area contributed by atoms with Gasteiger partial charge in [-0.3, -0.25) is 25.7 Å². The van der Waals surface area contributed by atoms with Crippen LogP contribution in [0.3, 0.4) is 0 Å². The summed E-state index contributed by atoms with van der Waals surface area (Å²) in [6.45, 7) is 2.04. The van der Waals surface area contributed by atoms with Gasteiger partial charge in [-0.2, -0.15) is 5.10 Å². The highest BCUT2D eigenvalue weighted by atomic mass is 16.6. The number of hydrogen-bond donors (Lipinski definition) is 1. The molecule has 0 unspecified atom stereocenters. The van der Waals surface area contributed by atoms with Crippen molar-refractivity contribution >= 4 is 23.3 Å². The number of anilines is 1. The first-order chi connectivity index (χ1) is 9.06. The number of nitrogens with one attached hydrogen (secondary N) is 1. The van der Waals surface area contributed by atoms with E-state index in [1.54, 1.807) is 6.21 Å². The Morgan fingerprint density at radius 2 is 2.05 bits per heavy atom. The number of nitro benzene ring substituents is 2. The molecule has 0 aliphatic heterocycles. The van der Waals surface area contributed by atoms with Gasteiger partial charge in [0, 0.05) is 12.3 Å². The molecule has 0 bridgehead atoms. The fraction of sp³-hybridized carbons (Fsp3) is 0.364. The van der Waals surface area contributed by atoms with E-state index in [-0.39, 0.29) is 17.1 Å². The SMILES string of the molecule is CCCCC=NNc1ccc([N+](=O)[O-])cc1[N+](=O)[O-]. The molecule has 8 nitrogen and oxygen atoms in total. The maximum absolute atomic E-state index is 10.8. The average Bonchev–Trinajstić information content (AvgIpc) is 2.38. The van der Waals surface area contributed by atoms with Gasteiger partial charge in [0.1, 0.15) is 5.69 Å². The van der Waals surface area contributed by atoms with E-state index in [0.29, 0.717) is 0 Å². The second kappa shape index (κ2) is 7.04. The smallest absolute Gasteiger partial charge is 0.272 e. The maximum atomic E-state index is 10.8. The number of non-ortho nitro benzene ring substituents is 1. The number of rotatable bonds is 7. The van der Waals surface area contributed by atoms with Crippen molar-refractivity contribution in [3.05, 3.63) is 38.4 Å². The molecule has 0 heterocycles. The normalized spacial score (nSPS) is 10.6. The summed E-state index contributed by atoms with van der Waals surface area (Å²) >= 11 is 0. The van der Waals surface area contributed by atoms with Crippen molar-refractivity contribution in [1.29, 1.82) is 0 Å². The minimum Gasteiger partial charge on any atom is -0.272 e. The van der Waals surface area contributed by atoms with Crippen LogP contribution in [-0.4, -0.2) is 16.1 Å². The predicted octanol–water partition coefficient (Wildman–Crippen LogP) is 3.09. The molecule has 8 heteroatoms. The summed E-state index contributed by atoms with van der Waals surface area (Å²) in [5.74, 6) is 0. The lowest BCUT2D eigenvalue weighted by atomic mass is 10.2. The van der Waals surface area contributed by atoms with Crippen molar-refractivity contribution < 1.29 is 9.85 Å². The number of benzene rings is 1. The minimum atomic E-state index is -0.684. The first kappa shape index (κ1) is 14.6. The van der Waals surface area contributed by atoms with E-state index in [0.717, 1.165) is 25.3 Å². The summed E-state index contributed by atoms with van der Waals surface area (Å²) < 4.78 is 0. The van der Waals surface area contributed by atoms with Gasteiger partial charge in [0.25, 0.3) is 5.69 Å². The average molecular weight is 266 g/mol. The number of hydrogen-bond acceptors (Lipinski definition) is 6. The lowest BCUT2D eigenvalue weighted by molar-refractivity contribution is -0.393. The third kappa shape index (κ3) is 4.34. The van der Waals surface area contributed by atoms with Crippen molar-refractivity contribution in [3.63, 3.8) is 0 Å². The molecule has 1 aromatic rings. The van der Waals surface area contributed by atoms with Crippen LogP contribution in [0.15, 0.2) is 23.3 Å². The summed E-state index contributed by atoms with van der Waals surface area (Å²) in [4.78, 5) is 20.0. The third-order valence-corrected chi connectivity index (χ3v) is 2.35. The summed E-state index contributed by atoms with van der Waals surface area (Å²) in [6, 6.07) is 3.37. The standard InChI is InChI=1S/C11H14N4O4/c1-2-3-4-7-12-13-10-6-5-9(14(16)17)8-11(10)15(18)19/h5-8,13H,2-4H2,1H3. The van der Waals surface area contributed by atoms with Gasteiger partial charge < -0.3 is 0 Å². The zero-order valence-electron chi connectivity index (χ0n) is 10.4. The highest BCUT2D eigenvalue weighted by Crippen LogP contribution is 2.28. The molecule has 1 rings (SSSR count). The fourth-order valence-corrected chi connectivity index (χ4v) is 1.35. The molecule has 1 N–H and O–H groups in total. The van der Waals surface area contributed by atoms with Gasteiger partial charge in [-0.25, -0.2) is 0 Å². The molecule has 0 aliphatic rings. The van der Waals surface area contributed by atoms with Crippen molar-refractivity contribution in [3.8, 4) is 0 Å². The Kier molecular flexibility index (Phi) is 5.39. The van der Waals surface area contributed by atoms with E-state index in [9.17, 15) is 20.2 Å². The molecule has 0 radical (unpaired) electrons. The first-order valence-corrected chi connectivity index (χ1v) is 5.76. The summed E-state index contributed by atoms with van der Waals surface area (Å²) in [5.41, 5.74) is 1.95. The molecule has 0 aromatic heterocycles. The van der Waals surface area contributed by atoms with Crippen molar-refractivity contribution in [2.45, 2.75) is 26.2 Å². The van der Waals surface area contributed by atoms with Crippen LogP contribution in [0.25, 0.3) is 0 Å². The molecule has 0 saturated heterocycles. The topological polar surface area (TPSA) is 111 Å². The number of nitro groups is 2. The van der Waals surface area contributed by atoms with E-state index in [1.807, 2.05) is 6.92 Å². The highest BCUT2D eigenvalue weighted by molar-refractivity contribution is 5.67. The van der Waals surface area contributed by atoms with Crippen LogP contribution >= 0.6 is 0 Å². The molecular weight excluding hydrogens is 252 g/mol. The molecule has 102 valence electrons. The lowest BCUT2D eigenvalue weighted by Gasteiger charge is -2.01. The Morgan fingerprint density at radius 1 is 1.32 bits per heavy atom. The summed E-state index contributed by atoms with van der Waals surface area (Å²) in [6.07, 6.45) is 4.40. The molecule has 0 aliphatic carbocycles. The molecule has 0 amide bonds. The summed E-state index contributed by atoms with van der Waals surface area (Å²) in [5, 5.41) is 25.2. The van der Waals surface area contributed by atoms with Crippen LogP contribution in [0.2, 0.25) is 0 Å². The Labute approximate surface area is 109 Å². The summed E-state index contributed by atoms with van der Waals surface area (Å²) in [7, 11) is 0. The van der Waals surface area contributed by atoms with Crippen molar-refractivity contribution in [2.24, 2.45) is 5.10 Å². The van der Waals surface area contributed by atoms with Crippen LogP contribution < -0.4 is 5.43 Å². The number of unbranched alkanes of at least 4 members (excludes halogenated alkanes) is 2. The van der Waals surface area contributed by atoms with Gasteiger partial charge >= 0.3 is 5.69 Å². The minimum absolute atomic E-state index is 0.128. The molecular formula is C11H14N4O4. The van der Waals surface area contributed by atoms with E-state index in [2.05, 4.69) is 10.5 Å². The van der Waals surface area contributed by atoms with Gasteiger partial charge in [0.05, 0.1) is 15.9 Å². The van der Waals surface area contributed by atoms with E-state index < -0.39 is 9.85 Å². The second-order valence-corrected chi connectivity index (χ2v) is 3.78. The Balaban J connectivity index is 2.85. The van der Waals surface area contributed by atoms with Gasteiger partial charge in [-0.1, -0.05) is 13.3 Å². The maximum Gasteiger partial charge on any atom is 0.301 e. The highest BCUT2D eigenvalue weighted by Gasteiger charge is 2.18. The molecule has 0 spiro atoms. The van der Waals surface area contributed by atoms with Crippen LogP contribution in [0.5, 0.6) is 0 Å². The zero-order valence-corrected chi connectivity index (χ0v) is 10.4. The van der Waals surface area contributed by atoms with E-state index >= 15 is 0 Å². The lowest BCUT2D eigenvalue weighted by Crippen LogP contribution is -1.98. The Morgan fingerprint density at radius 3 is 2.63 bits per heavy atom. The van der Waals surface area contributed by atoms with E-state index in [4.69, 9.17) is 0 Å². The Hall–Kier alpha value is -2.51. The monoisotopic (exact) mass is 266 g/mol. The second-order valence-electron chi connectivity index (χ2n) is 3.78. The molecule has 19 heavy (non-hydrogen) atoms. The van der Waals surface area contributed by atoms with E-state index in [1.165, 1.54) is 12.1 Å². The van der Waals surface area contributed by atoms with Gasteiger partial charge in [-0.15, -0.1) is 0 Å². The van der Waals surface area contributed by atoms with Crippen molar-refractivity contribution in [2.75, 3.05) is 5.43 Å². The van der Waals surface area contributed by atoms with Crippen LogP contribution in [0.1, 0.15) is 26.2 Å². The largest absolute Gasteiger partial charge is 0.301 e. The molecule has 1 aromatic carbocycles. The predicted molar refractivity (Wildman–Crippen MR) is 71.4 cm³/mol. The first-order valence-electron chi connectivity index (χ1n) is 5.76. The number of nitrogens with zero attached hydrogens (tertiary/aromatic N) is 3.